The van der Waals surface area contributed by atoms with Crippen molar-refractivity contribution in [3.05, 3.63) is 22.4 Å². The SMILES string of the molecule is CCNC(c1ccsc1)C(OC)C(C)C. The second-order valence-corrected chi connectivity index (χ2v) is 4.82. The van der Waals surface area contributed by atoms with Gasteiger partial charge in [-0.2, -0.15) is 11.3 Å². The molecule has 0 amide bonds. The van der Waals surface area contributed by atoms with Crippen molar-refractivity contribution in [2.75, 3.05) is 13.7 Å². The normalized spacial score (nSPS) is 15.5. The minimum Gasteiger partial charge on any atom is -0.379 e. The molecular weight excluding hydrogens is 206 g/mol. The van der Waals surface area contributed by atoms with Crippen molar-refractivity contribution < 1.29 is 4.74 Å². The number of hydrogen-bond donors (Lipinski definition) is 1. The summed E-state index contributed by atoms with van der Waals surface area (Å²) in [5, 5.41) is 7.81. The fourth-order valence-corrected chi connectivity index (χ4v) is 2.59. The van der Waals surface area contributed by atoms with Gasteiger partial charge in [-0.05, 0) is 34.9 Å². The maximum atomic E-state index is 5.59. The minimum absolute atomic E-state index is 0.236. The van der Waals surface area contributed by atoms with Crippen molar-refractivity contribution in [1.29, 1.82) is 0 Å². The van der Waals surface area contributed by atoms with E-state index < -0.39 is 0 Å². The molecule has 2 atom stereocenters. The van der Waals surface area contributed by atoms with Crippen LogP contribution in [0.5, 0.6) is 0 Å². The Hall–Kier alpha value is -0.380. The molecule has 2 nitrogen and oxygen atoms in total. The first-order valence-corrected chi connectivity index (χ1v) is 6.43. The number of thiophene rings is 1. The molecule has 0 bridgehead atoms. The van der Waals surface area contributed by atoms with E-state index in [0.717, 1.165) is 6.54 Å². The summed E-state index contributed by atoms with van der Waals surface area (Å²) in [7, 11) is 1.79. The van der Waals surface area contributed by atoms with Gasteiger partial charge >= 0.3 is 0 Å². The van der Waals surface area contributed by atoms with Gasteiger partial charge in [0, 0.05) is 7.11 Å². The molecule has 0 saturated heterocycles. The average Bonchev–Trinajstić information content (AvgIpc) is 2.69. The van der Waals surface area contributed by atoms with Crippen LogP contribution in [0.3, 0.4) is 0 Å². The third-order valence-electron chi connectivity index (χ3n) is 2.58. The Labute approximate surface area is 96.7 Å². The highest BCUT2D eigenvalue weighted by atomic mass is 32.1. The van der Waals surface area contributed by atoms with Crippen LogP contribution in [0.25, 0.3) is 0 Å². The van der Waals surface area contributed by atoms with Gasteiger partial charge < -0.3 is 10.1 Å². The van der Waals surface area contributed by atoms with Gasteiger partial charge in [0.05, 0.1) is 12.1 Å². The van der Waals surface area contributed by atoms with Crippen molar-refractivity contribution in [2.24, 2.45) is 5.92 Å². The summed E-state index contributed by atoms with van der Waals surface area (Å²) >= 11 is 1.74. The lowest BCUT2D eigenvalue weighted by Crippen LogP contribution is -2.36. The van der Waals surface area contributed by atoms with E-state index in [0.29, 0.717) is 12.0 Å². The van der Waals surface area contributed by atoms with E-state index in [-0.39, 0.29) is 6.10 Å². The minimum atomic E-state index is 0.236. The van der Waals surface area contributed by atoms with E-state index in [2.05, 4.69) is 42.9 Å². The Balaban J connectivity index is 2.81. The average molecular weight is 227 g/mol. The molecule has 0 aliphatic rings. The van der Waals surface area contributed by atoms with Crippen LogP contribution < -0.4 is 5.32 Å². The van der Waals surface area contributed by atoms with Gasteiger partial charge in [0.15, 0.2) is 0 Å². The molecule has 0 saturated carbocycles. The molecule has 2 unspecified atom stereocenters. The fraction of sp³-hybridized carbons (Fsp3) is 0.667. The second kappa shape index (κ2) is 6.26. The van der Waals surface area contributed by atoms with Gasteiger partial charge in [0.1, 0.15) is 0 Å². The Morgan fingerprint density at radius 1 is 1.47 bits per heavy atom. The maximum Gasteiger partial charge on any atom is 0.0789 e. The van der Waals surface area contributed by atoms with E-state index in [1.807, 2.05) is 0 Å². The molecule has 1 rings (SSSR count). The number of hydrogen-bond acceptors (Lipinski definition) is 3. The van der Waals surface area contributed by atoms with Gasteiger partial charge in [0.2, 0.25) is 0 Å². The van der Waals surface area contributed by atoms with E-state index in [9.17, 15) is 0 Å². The lowest BCUT2D eigenvalue weighted by Gasteiger charge is -2.29. The number of methoxy groups -OCH3 is 1. The highest BCUT2D eigenvalue weighted by molar-refractivity contribution is 7.07. The highest BCUT2D eigenvalue weighted by Crippen LogP contribution is 2.25. The summed E-state index contributed by atoms with van der Waals surface area (Å²) in [5.74, 6) is 0.513. The standard InChI is InChI=1S/C12H21NOS/c1-5-13-11(10-6-7-15-8-10)12(14-4)9(2)3/h6-9,11-13H,5H2,1-4H3. The van der Waals surface area contributed by atoms with Crippen molar-refractivity contribution >= 4 is 11.3 Å². The van der Waals surface area contributed by atoms with Gasteiger partial charge in [-0.1, -0.05) is 20.8 Å². The summed E-state index contributed by atoms with van der Waals surface area (Å²) in [6.07, 6.45) is 0.236. The topological polar surface area (TPSA) is 21.3 Å². The maximum absolute atomic E-state index is 5.59. The molecule has 86 valence electrons. The van der Waals surface area contributed by atoms with Crippen LogP contribution in [0.4, 0.5) is 0 Å². The highest BCUT2D eigenvalue weighted by Gasteiger charge is 2.25. The van der Waals surface area contributed by atoms with E-state index in [1.54, 1.807) is 18.4 Å². The van der Waals surface area contributed by atoms with Gasteiger partial charge in [-0.15, -0.1) is 0 Å². The quantitative estimate of drug-likeness (QED) is 0.806. The van der Waals surface area contributed by atoms with Crippen molar-refractivity contribution in [2.45, 2.75) is 32.9 Å². The van der Waals surface area contributed by atoms with Crippen LogP contribution in [-0.2, 0) is 4.74 Å². The van der Waals surface area contributed by atoms with E-state index in [4.69, 9.17) is 4.74 Å². The Bertz CT molecular complexity index is 259. The summed E-state index contributed by atoms with van der Waals surface area (Å²) in [6, 6.07) is 2.48. The van der Waals surface area contributed by atoms with Gasteiger partial charge in [0.25, 0.3) is 0 Å². The zero-order chi connectivity index (χ0) is 11.3. The molecule has 0 radical (unpaired) electrons. The van der Waals surface area contributed by atoms with Gasteiger partial charge in [-0.25, -0.2) is 0 Å². The van der Waals surface area contributed by atoms with E-state index >= 15 is 0 Å². The zero-order valence-corrected chi connectivity index (χ0v) is 10.8. The molecule has 0 aliphatic carbocycles. The number of likely N-dealkylation sites (N-methyl/N-ethyl adjacent to an activating group) is 1. The summed E-state index contributed by atoms with van der Waals surface area (Å²) < 4.78 is 5.59. The Morgan fingerprint density at radius 2 is 2.20 bits per heavy atom. The third-order valence-corrected chi connectivity index (χ3v) is 3.29. The molecule has 1 aromatic rings. The molecule has 0 aliphatic heterocycles. The van der Waals surface area contributed by atoms with Crippen LogP contribution in [-0.4, -0.2) is 19.8 Å². The summed E-state index contributed by atoms with van der Waals surface area (Å²) in [6.45, 7) is 7.50. The molecule has 1 aromatic heterocycles. The van der Waals surface area contributed by atoms with Crippen molar-refractivity contribution in [3.63, 3.8) is 0 Å². The largest absolute Gasteiger partial charge is 0.379 e. The number of nitrogens with one attached hydrogen (secondary N) is 1. The summed E-state index contributed by atoms with van der Waals surface area (Å²) in [5.41, 5.74) is 1.34. The smallest absolute Gasteiger partial charge is 0.0789 e. The Kier molecular flexibility index (Phi) is 5.29. The first kappa shape index (κ1) is 12.7. The van der Waals surface area contributed by atoms with Crippen molar-refractivity contribution in [3.8, 4) is 0 Å². The van der Waals surface area contributed by atoms with Crippen LogP contribution in [0, 0.1) is 5.92 Å². The third kappa shape index (κ3) is 3.30. The first-order chi connectivity index (χ1) is 7.20. The monoisotopic (exact) mass is 227 g/mol. The van der Waals surface area contributed by atoms with Crippen LogP contribution in [0.2, 0.25) is 0 Å². The predicted molar refractivity (Wildman–Crippen MR) is 66.4 cm³/mol. The number of ether oxygens (including phenoxy) is 1. The Morgan fingerprint density at radius 3 is 2.60 bits per heavy atom. The molecule has 15 heavy (non-hydrogen) atoms. The van der Waals surface area contributed by atoms with E-state index in [1.165, 1.54) is 5.56 Å². The molecule has 0 spiro atoms. The second-order valence-electron chi connectivity index (χ2n) is 4.04. The molecule has 1 heterocycles. The predicted octanol–water partition coefficient (Wildman–Crippen LogP) is 3.07. The number of rotatable bonds is 6. The molecule has 0 fully saturated rings. The fourth-order valence-electron chi connectivity index (χ4n) is 1.89. The molecule has 1 N–H and O–H groups in total. The lowest BCUT2D eigenvalue weighted by molar-refractivity contribution is 0.0332. The van der Waals surface area contributed by atoms with Crippen molar-refractivity contribution in [1.82, 2.24) is 5.32 Å². The van der Waals surface area contributed by atoms with Crippen LogP contribution in [0.15, 0.2) is 16.8 Å². The van der Waals surface area contributed by atoms with Gasteiger partial charge in [-0.3, -0.25) is 0 Å². The van der Waals surface area contributed by atoms with Crippen LogP contribution >= 0.6 is 11.3 Å². The molecule has 3 heteroatoms. The molecule has 0 aromatic carbocycles. The molecular formula is C12H21NOS. The lowest BCUT2D eigenvalue weighted by atomic mass is 9.95. The van der Waals surface area contributed by atoms with Crippen LogP contribution in [0.1, 0.15) is 32.4 Å². The first-order valence-electron chi connectivity index (χ1n) is 5.49. The summed E-state index contributed by atoms with van der Waals surface area (Å²) in [4.78, 5) is 0. The zero-order valence-electron chi connectivity index (χ0n) is 9.99.